The molecule has 0 spiro atoms. The summed E-state index contributed by atoms with van der Waals surface area (Å²) in [5.74, 6) is 1.40. The summed E-state index contributed by atoms with van der Waals surface area (Å²) in [4.78, 5) is 12.2. The molecule has 0 aromatic rings. The minimum atomic E-state index is 0.125. The standard InChI is InChI=1S/C20H32O2/c1-14(8-11-21)6-9-19(4)15(2)7-10-20(5)16(3)12-17(22)13-18(19)20/h8,12,15,18,21H,6-7,9-11,13H2,1-5H3/b14-8+. The molecule has 22 heavy (non-hydrogen) atoms. The summed E-state index contributed by atoms with van der Waals surface area (Å²) < 4.78 is 0. The second kappa shape index (κ2) is 6.31. The summed E-state index contributed by atoms with van der Waals surface area (Å²) in [6.45, 7) is 11.5. The highest BCUT2D eigenvalue weighted by atomic mass is 16.2. The molecule has 0 amide bonds. The molecule has 2 rings (SSSR count). The number of fused-ring (bicyclic) bond motifs is 1. The van der Waals surface area contributed by atoms with Crippen LogP contribution in [0.3, 0.4) is 0 Å². The predicted molar refractivity (Wildman–Crippen MR) is 91.6 cm³/mol. The van der Waals surface area contributed by atoms with Crippen LogP contribution in [0.1, 0.15) is 66.7 Å². The van der Waals surface area contributed by atoms with E-state index in [1.807, 2.05) is 12.2 Å². The second-order valence-corrected chi connectivity index (χ2v) is 8.15. The Morgan fingerprint density at radius 3 is 2.77 bits per heavy atom. The molecule has 0 saturated heterocycles. The molecule has 124 valence electrons. The highest BCUT2D eigenvalue weighted by Gasteiger charge is 2.54. The van der Waals surface area contributed by atoms with Gasteiger partial charge < -0.3 is 5.11 Å². The van der Waals surface area contributed by atoms with Crippen LogP contribution < -0.4 is 0 Å². The van der Waals surface area contributed by atoms with Crippen molar-refractivity contribution in [3.05, 3.63) is 23.3 Å². The van der Waals surface area contributed by atoms with E-state index in [1.165, 1.54) is 24.0 Å². The molecule has 2 heteroatoms. The fourth-order valence-corrected chi connectivity index (χ4v) is 4.83. The van der Waals surface area contributed by atoms with Gasteiger partial charge in [-0.3, -0.25) is 4.79 Å². The van der Waals surface area contributed by atoms with Crippen LogP contribution in [-0.2, 0) is 4.79 Å². The van der Waals surface area contributed by atoms with Crippen LogP contribution in [0.4, 0.5) is 0 Å². The van der Waals surface area contributed by atoms with Crippen molar-refractivity contribution in [2.45, 2.75) is 66.7 Å². The molecular formula is C20H32O2. The van der Waals surface area contributed by atoms with Gasteiger partial charge in [0.2, 0.25) is 0 Å². The van der Waals surface area contributed by atoms with Crippen LogP contribution in [0.2, 0.25) is 0 Å². The second-order valence-electron chi connectivity index (χ2n) is 8.15. The topological polar surface area (TPSA) is 37.3 Å². The molecule has 0 aromatic carbocycles. The van der Waals surface area contributed by atoms with Crippen molar-refractivity contribution >= 4 is 5.78 Å². The summed E-state index contributed by atoms with van der Waals surface area (Å²) in [6, 6.07) is 0. The van der Waals surface area contributed by atoms with Gasteiger partial charge in [-0.2, -0.15) is 0 Å². The first-order chi connectivity index (χ1) is 10.2. The first-order valence-corrected chi connectivity index (χ1v) is 8.72. The molecule has 4 unspecified atom stereocenters. The molecule has 2 aliphatic carbocycles. The van der Waals surface area contributed by atoms with Crippen molar-refractivity contribution in [3.63, 3.8) is 0 Å². The number of ketones is 1. The van der Waals surface area contributed by atoms with Gasteiger partial charge in [0.25, 0.3) is 0 Å². The SMILES string of the molecule is CC1=CC(=O)CC2C1(C)CCC(C)C2(C)CC/C(C)=C/CO. The van der Waals surface area contributed by atoms with Crippen LogP contribution in [0.15, 0.2) is 23.3 Å². The zero-order valence-electron chi connectivity index (χ0n) is 14.9. The Balaban J connectivity index is 2.30. The van der Waals surface area contributed by atoms with Crippen molar-refractivity contribution in [2.24, 2.45) is 22.7 Å². The molecule has 2 nitrogen and oxygen atoms in total. The number of allylic oxidation sites excluding steroid dienone is 3. The molecule has 0 aromatic heterocycles. The van der Waals surface area contributed by atoms with Gasteiger partial charge in [-0.05, 0) is 68.3 Å². The zero-order valence-corrected chi connectivity index (χ0v) is 14.9. The number of rotatable bonds is 4. The molecule has 1 fully saturated rings. The highest BCUT2D eigenvalue weighted by molar-refractivity contribution is 5.92. The van der Waals surface area contributed by atoms with Crippen LogP contribution in [-0.4, -0.2) is 17.5 Å². The van der Waals surface area contributed by atoms with Crippen molar-refractivity contribution in [1.82, 2.24) is 0 Å². The van der Waals surface area contributed by atoms with E-state index in [4.69, 9.17) is 5.11 Å². The first kappa shape index (κ1) is 17.5. The zero-order chi connectivity index (χ0) is 16.5. The fraction of sp³-hybridized carbons (Fsp3) is 0.750. The average molecular weight is 304 g/mol. The van der Waals surface area contributed by atoms with Crippen LogP contribution >= 0.6 is 0 Å². The van der Waals surface area contributed by atoms with Gasteiger partial charge >= 0.3 is 0 Å². The maximum atomic E-state index is 12.2. The lowest BCUT2D eigenvalue weighted by atomic mass is 9.47. The smallest absolute Gasteiger partial charge is 0.155 e. The Morgan fingerprint density at radius 1 is 1.45 bits per heavy atom. The Morgan fingerprint density at radius 2 is 2.14 bits per heavy atom. The largest absolute Gasteiger partial charge is 0.392 e. The van der Waals surface area contributed by atoms with E-state index in [0.29, 0.717) is 24.0 Å². The summed E-state index contributed by atoms with van der Waals surface area (Å²) in [5, 5.41) is 9.06. The van der Waals surface area contributed by atoms with Crippen molar-refractivity contribution < 1.29 is 9.90 Å². The lowest BCUT2D eigenvalue weighted by Crippen LogP contribution is -2.50. The minimum Gasteiger partial charge on any atom is -0.392 e. The van der Waals surface area contributed by atoms with E-state index in [9.17, 15) is 4.79 Å². The Labute approximate surface area is 135 Å². The van der Waals surface area contributed by atoms with Gasteiger partial charge in [0.05, 0.1) is 6.61 Å². The van der Waals surface area contributed by atoms with E-state index in [-0.39, 0.29) is 17.4 Å². The maximum Gasteiger partial charge on any atom is 0.155 e. The van der Waals surface area contributed by atoms with Crippen LogP contribution in [0, 0.1) is 22.7 Å². The lowest BCUT2D eigenvalue weighted by Gasteiger charge is -2.57. The molecule has 0 radical (unpaired) electrons. The third kappa shape index (κ3) is 2.95. The van der Waals surface area contributed by atoms with E-state index in [0.717, 1.165) is 12.8 Å². The molecule has 4 atom stereocenters. The number of carbonyl (C=O) groups is 1. The molecule has 2 aliphatic rings. The van der Waals surface area contributed by atoms with Gasteiger partial charge in [0.15, 0.2) is 5.78 Å². The number of carbonyl (C=O) groups excluding carboxylic acids is 1. The summed E-state index contributed by atoms with van der Waals surface area (Å²) in [6.07, 6.45) is 9.08. The monoisotopic (exact) mass is 304 g/mol. The average Bonchev–Trinajstić information content (AvgIpc) is 2.45. The first-order valence-electron chi connectivity index (χ1n) is 8.72. The van der Waals surface area contributed by atoms with Crippen molar-refractivity contribution in [1.29, 1.82) is 0 Å². The van der Waals surface area contributed by atoms with Crippen molar-refractivity contribution in [3.8, 4) is 0 Å². The summed E-state index contributed by atoms with van der Waals surface area (Å²) in [5.41, 5.74) is 2.93. The number of aliphatic hydroxyl groups excluding tert-OH is 1. The van der Waals surface area contributed by atoms with Crippen LogP contribution in [0.25, 0.3) is 0 Å². The molecule has 0 bridgehead atoms. The Bertz CT molecular complexity index is 502. The molecule has 1 N–H and O–H groups in total. The quantitative estimate of drug-likeness (QED) is 0.765. The van der Waals surface area contributed by atoms with Gasteiger partial charge in [-0.15, -0.1) is 0 Å². The highest BCUT2D eigenvalue weighted by Crippen LogP contribution is 2.61. The van der Waals surface area contributed by atoms with E-state index >= 15 is 0 Å². The van der Waals surface area contributed by atoms with Gasteiger partial charge in [0.1, 0.15) is 0 Å². The summed E-state index contributed by atoms with van der Waals surface area (Å²) >= 11 is 0. The molecule has 1 saturated carbocycles. The molecular weight excluding hydrogens is 272 g/mol. The Kier molecular flexibility index (Phi) is 5.01. The van der Waals surface area contributed by atoms with Gasteiger partial charge in [-0.25, -0.2) is 0 Å². The van der Waals surface area contributed by atoms with Crippen LogP contribution in [0.5, 0.6) is 0 Å². The number of hydrogen-bond donors (Lipinski definition) is 1. The van der Waals surface area contributed by atoms with E-state index < -0.39 is 0 Å². The molecule has 0 heterocycles. The fourth-order valence-electron chi connectivity index (χ4n) is 4.83. The third-order valence-corrected chi connectivity index (χ3v) is 6.97. The van der Waals surface area contributed by atoms with E-state index in [1.54, 1.807) is 0 Å². The third-order valence-electron chi connectivity index (χ3n) is 6.97. The van der Waals surface area contributed by atoms with Crippen molar-refractivity contribution in [2.75, 3.05) is 6.61 Å². The maximum absolute atomic E-state index is 12.2. The summed E-state index contributed by atoms with van der Waals surface area (Å²) in [7, 11) is 0. The predicted octanol–water partition coefficient (Wildman–Crippen LogP) is 4.68. The number of hydrogen-bond acceptors (Lipinski definition) is 2. The number of aliphatic hydroxyl groups is 1. The van der Waals surface area contributed by atoms with Gasteiger partial charge in [0, 0.05) is 6.42 Å². The lowest BCUT2D eigenvalue weighted by molar-refractivity contribution is -0.123. The van der Waals surface area contributed by atoms with E-state index in [2.05, 4.69) is 34.6 Å². The normalized spacial score (nSPS) is 39.5. The minimum absolute atomic E-state index is 0.125. The Hall–Kier alpha value is -0.890. The van der Waals surface area contributed by atoms with Gasteiger partial charge in [-0.1, -0.05) is 38.0 Å². The molecule has 0 aliphatic heterocycles.